The van der Waals surface area contributed by atoms with Crippen molar-refractivity contribution in [3.63, 3.8) is 0 Å². The van der Waals surface area contributed by atoms with E-state index in [-0.39, 0.29) is 16.1 Å². The van der Waals surface area contributed by atoms with Crippen LogP contribution in [-0.4, -0.2) is 19.9 Å². The number of carbonyl (C=O) groups excluding carboxylic acids is 1. The van der Waals surface area contributed by atoms with Gasteiger partial charge in [0.15, 0.2) is 0 Å². The highest BCUT2D eigenvalue weighted by Gasteiger charge is 2.37. The highest BCUT2D eigenvalue weighted by molar-refractivity contribution is 7.89. The predicted molar refractivity (Wildman–Crippen MR) is 160 cm³/mol. The summed E-state index contributed by atoms with van der Waals surface area (Å²) < 4.78 is 41.6. The molecule has 3 aromatic carbocycles. The molecule has 2 heterocycles. The van der Waals surface area contributed by atoms with Gasteiger partial charge >= 0.3 is 0 Å². The number of carbonyl (C=O) groups is 1. The second-order valence-corrected chi connectivity index (χ2v) is 13.1. The quantitative estimate of drug-likeness (QED) is 0.281. The summed E-state index contributed by atoms with van der Waals surface area (Å²) in [6, 6.07) is 19.7. The molecular weight excluding hydrogens is 550 g/mol. The molecule has 1 aromatic heterocycles. The van der Waals surface area contributed by atoms with Crippen molar-refractivity contribution in [2.45, 2.75) is 75.3 Å². The lowest BCUT2D eigenvalue weighted by Gasteiger charge is -2.41. The Morgan fingerprint density at radius 2 is 1.67 bits per heavy atom. The van der Waals surface area contributed by atoms with E-state index >= 15 is 0 Å². The first kappa shape index (κ1) is 28.2. The molecule has 9 heteroatoms. The molecule has 0 bridgehead atoms. The van der Waals surface area contributed by atoms with Crippen molar-refractivity contribution < 1.29 is 22.4 Å². The Morgan fingerprint density at radius 3 is 2.40 bits per heavy atom. The van der Waals surface area contributed by atoms with Gasteiger partial charge in [-0.3, -0.25) is 4.79 Å². The highest BCUT2D eigenvalue weighted by Crippen LogP contribution is 2.43. The maximum Gasteiger partial charge on any atom is 0.262 e. The molecule has 1 spiro atoms. The van der Waals surface area contributed by atoms with Gasteiger partial charge in [0.2, 0.25) is 15.6 Å². The Balaban J connectivity index is 1.28. The number of hydrogen-bond donors (Lipinski definition) is 2. The molecule has 0 radical (unpaired) electrons. The molecule has 218 valence electrons. The summed E-state index contributed by atoms with van der Waals surface area (Å²) in [6.45, 7) is 3.85. The monoisotopic (exact) mass is 585 g/mol. The minimum atomic E-state index is -4.00. The van der Waals surface area contributed by atoms with Crippen LogP contribution < -0.4 is 20.4 Å². The molecule has 1 fully saturated rings. The van der Waals surface area contributed by atoms with Gasteiger partial charge in [0.05, 0.1) is 4.90 Å². The van der Waals surface area contributed by atoms with Crippen LogP contribution in [0.1, 0.15) is 66.8 Å². The van der Waals surface area contributed by atoms with Gasteiger partial charge in [-0.1, -0.05) is 54.4 Å². The van der Waals surface area contributed by atoms with Crippen LogP contribution in [0.5, 0.6) is 5.75 Å². The predicted octanol–water partition coefficient (Wildman–Crippen LogP) is 5.73. The molecule has 0 saturated heterocycles. The third-order valence-corrected chi connectivity index (χ3v) is 9.80. The van der Waals surface area contributed by atoms with E-state index in [2.05, 4.69) is 21.3 Å². The number of aryl methyl sites for hydroxylation is 3. The van der Waals surface area contributed by atoms with Crippen molar-refractivity contribution >= 4 is 26.9 Å². The van der Waals surface area contributed by atoms with E-state index in [1.54, 1.807) is 48.5 Å². The number of fused-ring (bicyclic) bond motifs is 2. The fraction of sp³-hybridized carbons (Fsp3) is 0.333. The van der Waals surface area contributed by atoms with Crippen molar-refractivity contribution in [1.29, 1.82) is 0 Å². The lowest BCUT2D eigenvalue weighted by molar-refractivity contribution is -0.123. The van der Waals surface area contributed by atoms with E-state index in [0.29, 0.717) is 11.1 Å². The highest BCUT2D eigenvalue weighted by atomic mass is 32.2. The van der Waals surface area contributed by atoms with Crippen molar-refractivity contribution in [2.24, 2.45) is 5.10 Å². The first-order valence-corrected chi connectivity index (χ1v) is 15.9. The van der Waals surface area contributed by atoms with Crippen molar-refractivity contribution in [3.8, 4) is 5.75 Å². The molecule has 2 N–H and O–H groups in total. The Bertz CT molecular complexity index is 1790. The molecule has 1 aliphatic carbocycles. The summed E-state index contributed by atoms with van der Waals surface area (Å²) in [7, 11) is -4.00. The molecule has 2 aliphatic rings. The van der Waals surface area contributed by atoms with Gasteiger partial charge in [-0.2, -0.15) is 4.72 Å². The van der Waals surface area contributed by atoms with E-state index in [4.69, 9.17) is 9.15 Å². The van der Waals surface area contributed by atoms with Gasteiger partial charge in [0.1, 0.15) is 23.0 Å². The summed E-state index contributed by atoms with van der Waals surface area (Å²) in [6.07, 6.45) is 7.83. The Morgan fingerprint density at radius 1 is 0.929 bits per heavy atom. The minimum Gasteiger partial charge on any atom is -0.487 e. The SMILES string of the molecule is Cc1ccc(S(=O)(=O)NC(C(=O)N/N=c2/cc(C)c3cc4c(cc3o2)OC2(CCCCC2)CC4)c2ccccc2)cc1. The lowest BCUT2D eigenvalue weighted by atomic mass is 9.79. The third kappa shape index (κ3) is 5.84. The van der Waals surface area contributed by atoms with Crippen LogP contribution in [0.25, 0.3) is 11.0 Å². The van der Waals surface area contributed by atoms with Crippen molar-refractivity contribution in [2.75, 3.05) is 0 Å². The van der Waals surface area contributed by atoms with Crippen LogP contribution in [0.3, 0.4) is 0 Å². The van der Waals surface area contributed by atoms with Gasteiger partial charge in [0, 0.05) is 17.5 Å². The zero-order valence-electron chi connectivity index (χ0n) is 23.9. The van der Waals surface area contributed by atoms with Crippen LogP contribution in [0.4, 0.5) is 0 Å². The molecule has 1 amide bonds. The summed E-state index contributed by atoms with van der Waals surface area (Å²) >= 11 is 0. The first-order chi connectivity index (χ1) is 20.2. The normalized spacial score (nSPS) is 17.4. The van der Waals surface area contributed by atoms with Gasteiger partial charge < -0.3 is 9.15 Å². The molecular formula is C33H35N3O5S. The summed E-state index contributed by atoms with van der Waals surface area (Å²) in [5, 5.41) is 5.20. The van der Waals surface area contributed by atoms with Crippen LogP contribution in [-0.2, 0) is 21.2 Å². The second-order valence-electron chi connectivity index (χ2n) is 11.4. The number of hydrogen-bond acceptors (Lipinski definition) is 6. The van der Waals surface area contributed by atoms with E-state index in [1.165, 1.54) is 37.0 Å². The fourth-order valence-corrected chi connectivity index (χ4v) is 7.16. The molecule has 1 saturated carbocycles. The van der Waals surface area contributed by atoms with E-state index in [9.17, 15) is 13.2 Å². The smallest absolute Gasteiger partial charge is 0.262 e. The Kier molecular flexibility index (Phi) is 7.64. The second kappa shape index (κ2) is 11.4. The fourth-order valence-electron chi connectivity index (χ4n) is 5.98. The van der Waals surface area contributed by atoms with Crippen molar-refractivity contribution in [1.82, 2.24) is 10.1 Å². The van der Waals surface area contributed by atoms with Crippen LogP contribution >= 0.6 is 0 Å². The maximum absolute atomic E-state index is 13.4. The molecule has 42 heavy (non-hydrogen) atoms. The standard InChI is InChI=1S/C33H35N3O5S/c1-22-11-13-26(14-12-22)42(38,39)36-31(24-9-5-3-6-10-24)32(37)35-34-30-19-23(2)27-20-25-15-18-33(16-7-4-8-17-33)41-28(25)21-29(27)40-30/h3,5-6,9-14,19-21,31,36H,4,7-8,15-18H2,1-2H3,(H,35,37)/b34-30-. The third-order valence-electron chi connectivity index (χ3n) is 8.36. The average molecular weight is 586 g/mol. The first-order valence-electron chi connectivity index (χ1n) is 14.5. The van der Waals surface area contributed by atoms with Crippen LogP contribution in [0.2, 0.25) is 0 Å². The van der Waals surface area contributed by atoms with Crippen LogP contribution in [0.15, 0.2) is 87.2 Å². The number of sulfonamides is 1. The number of nitrogens with one attached hydrogen (secondary N) is 2. The summed E-state index contributed by atoms with van der Waals surface area (Å²) in [5.74, 6) is 0.215. The van der Waals surface area contributed by atoms with Gasteiger partial charge in [-0.15, -0.1) is 5.10 Å². The number of ether oxygens (including phenoxy) is 1. The number of rotatable bonds is 6. The lowest BCUT2D eigenvalue weighted by Crippen LogP contribution is -2.41. The summed E-state index contributed by atoms with van der Waals surface area (Å²) in [4.78, 5) is 13.5. The van der Waals surface area contributed by atoms with E-state index in [0.717, 1.165) is 47.9 Å². The Hall–Kier alpha value is -3.95. The van der Waals surface area contributed by atoms with Gasteiger partial charge in [0.25, 0.3) is 5.91 Å². The molecule has 6 rings (SSSR count). The molecule has 1 aliphatic heterocycles. The summed E-state index contributed by atoms with van der Waals surface area (Å²) in [5.41, 5.74) is 6.79. The Labute approximate surface area is 245 Å². The zero-order chi connectivity index (χ0) is 29.3. The number of nitrogens with zero attached hydrogens (tertiary/aromatic N) is 1. The van der Waals surface area contributed by atoms with Gasteiger partial charge in [-0.05, 0) is 87.3 Å². The molecule has 1 atom stereocenters. The van der Waals surface area contributed by atoms with E-state index in [1.807, 2.05) is 19.9 Å². The van der Waals surface area contributed by atoms with Gasteiger partial charge in [-0.25, -0.2) is 13.8 Å². The van der Waals surface area contributed by atoms with Crippen molar-refractivity contribution in [3.05, 3.63) is 101 Å². The number of benzene rings is 3. The number of amides is 1. The topological polar surface area (TPSA) is 110 Å². The van der Waals surface area contributed by atoms with Crippen LogP contribution in [0, 0.1) is 13.8 Å². The molecule has 8 nitrogen and oxygen atoms in total. The zero-order valence-corrected chi connectivity index (χ0v) is 24.7. The van der Waals surface area contributed by atoms with E-state index < -0.39 is 22.0 Å². The largest absolute Gasteiger partial charge is 0.487 e. The molecule has 4 aromatic rings. The molecule has 1 unspecified atom stereocenters. The average Bonchev–Trinajstić information content (AvgIpc) is 2.99. The maximum atomic E-state index is 13.4. The minimum absolute atomic E-state index is 0.0690.